The van der Waals surface area contributed by atoms with Crippen LogP contribution in [-0.4, -0.2) is 10.0 Å². The topological polar surface area (TPSA) is 89.4 Å². The second-order valence-electron chi connectivity index (χ2n) is 3.56. The van der Waals surface area contributed by atoms with Gasteiger partial charge in [0.15, 0.2) is 0 Å². The first-order chi connectivity index (χ1) is 8.09. The number of anilines is 1. The molecule has 0 heterocycles. The monoisotopic (exact) mass is 230 g/mol. The average molecular weight is 230 g/mol. The second-order valence-corrected chi connectivity index (χ2v) is 3.56. The number of benzene rings is 2. The van der Waals surface area contributed by atoms with Crippen LogP contribution < -0.4 is 5.73 Å². The third-order valence-corrected chi connectivity index (χ3v) is 2.42. The maximum absolute atomic E-state index is 10.7. The van der Waals surface area contributed by atoms with Crippen molar-refractivity contribution in [1.29, 1.82) is 0 Å². The van der Waals surface area contributed by atoms with Crippen molar-refractivity contribution in [3.05, 3.63) is 52.6 Å². The Balaban J connectivity index is 2.61. The van der Waals surface area contributed by atoms with Gasteiger partial charge in [0.05, 0.1) is 10.6 Å². The Labute approximate surface area is 97.3 Å². The van der Waals surface area contributed by atoms with E-state index in [2.05, 4.69) is 0 Å². The first-order valence-electron chi connectivity index (χ1n) is 4.92. The van der Waals surface area contributed by atoms with Crippen LogP contribution >= 0.6 is 0 Å². The maximum atomic E-state index is 10.7. The van der Waals surface area contributed by atoms with E-state index < -0.39 is 10.7 Å². The van der Waals surface area contributed by atoms with E-state index in [1.807, 2.05) is 30.3 Å². The third-order valence-electron chi connectivity index (χ3n) is 2.42. The molecule has 0 aromatic heterocycles. The van der Waals surface area contributed by atoms with Gasteiger partial charge in [0.1, 0.15) is 0 Å². The summed E-state index contributed by atoms with van der Waals surface area (Å²) in [5.41, 5.74) is 6.57. The van der Waals surface area contributed by atoms with E-state index in [0.29, 0.717) is 5.56 Å². The van der Waals surface area contributed by atoms with Crippen molar-refractivity contribution in [2.75, 3.05) is 5.73 Å². The molecule has 17 heavy (non-hydrogen) atoms. The van der Waals surface area contributed by atoms with Crippen LogP contribution in [0.5, 0.6) is 5.75 Å². The number of nitrogen functional groups attached to an aromatic ring is 1. The lowest BCUT2D eigenvalue weighted by molar-refractivity contribution is -0.385. The average Bonchev–Trinajstić information content (AvgIpc) is 2.33. The summed E-state index contributed by atoms with van der Waals surface area (Å²) in [5, 5.41) is 20.2. The summed E-state index contributed by atoms with van der Waals surface area (Å²) in [7, 11) is 0. The van der Waals surface area contributed by atoms with Crippen molar-refractivity contribution in [1.82, 2.24) is 0 Å². The number of nitrogens with zero attached hydrogens (tertiary/aromatic N) is 1. The molecule has 0 spiro atoms. The number of aromatic hydroxyl groups is 1. The summed E-state index contributed by atoms with van der Waals surface area (Å²) in [4.78, 5) is 10.1. The number of nitrogens with two attached hydrogens (primary N) is 1. The molecular weight excluding hydrogens is 220 g/mol. The molecule has 0 fully saturated rings. The Hall–Kier alpha value is -2.56. The number of phenolic OH excluding ortho intramolecular Hbond substituents is 1. The van der Waals surface area contributed by atoms with E-state index in [1.54, 1.807) is 0 Å². The highest BCUT2D eigenvalue weighted by molar-refractivity contribution is 5.76. The molecule has 0 atom stereocenters. The molecule has 0 radical (unpaired) electrons. The van der Waals surface area contributed by atoms with Crippen LogP contribution in [0.2, 0.25) is 0 Å². The Bertz CT molecular complexity index is 567. The van der Waals surface area contributed by atoms with Gasteiger partial charge in [0.25, 0.3) is 0 Å². The molecule has 3 N–H and O–H groups in total. The minimum atomic E-state index is -0.655. The lowest BCUT2D eigenvalue weighted by Crippen LogP contribution is -1.94. The fourth-order valence-electron chi connectivity index (χ4n) is 1.58. The van der Waals surface area contributed by atoms with Crippen molar-refractivity contribution in [2.24, 2.45) is 0 Å². The van der Waals surface area contributed by atoms with E-state index in [4.69, 9.17) is 5.73 Å². The molecular formula is C12H10N2O3. The third kappa shape index (κ3) is 2.03. The largest absolute Gasteiger partial charge is 0.501 e. The summed E-state index contributed by atoms with van der Waals surface area (Å²) >= 11 is 0. The van der Waals surface area contributed by atoms with Gasteiger partial charge in [-0.15, -0.1) is 0 Å². The first-order valence-corrected chi connectivity index (χ1v) is 4.92. The molecule has 2 aromatic carbocycles. The number of hydrogen-bond acceptors (Lipinski definition) is 4. The number of rotatable bonds is 2. The molecule has 0 unspecified atom stereocenters. The molecule has 0 aliphatic carbocycles. The van der Waals surface area contributed by atoms with Crippen molar-refractivity contribution in [3.8, 4) is 16.9 Å². The zero-order valence-corrected chi connectivity index (χ0v) is 8.83. The highest BCUT2D eigenvalue weighted by Gasteiger charge is 2.17. The Morgan fingerprint density at radius 2 is 1.76 bits per heavy atom. The number of nitro groups is 1. The van der Waals surface area contributed by atoms with Gasteiger partial charge in [0.2, 0.25) is 5.75 Å². The van der Waals surface area contributed by atoms with Crippen molar-refractivity contribution >= 4 is 11.4 Å². The van der Waals surface area contributed by atoms with Gasteiger partial charge in [-0.2, -0.15) is 0 Å². The van der Waals surface area contributed by atoms with E-state index in [1.165, 1.54) is 12.1 Å². The Morgan fingerprint density at radius 1 is 1.12 bits per heavy atom. The van der Waals surface area contributed by atoms with E-state index in [0.717, 1.165) is 5.56 Å². The zero-order chi connectivity index (χ0) is 12.4. The highest BCUT2D eigenvalue weighted by Crippen LogP contribution is 2.36. The summed E-state index contributed by atoms with van der Waals surface area (Å²) in [6.07, 6.45) is 0. The van der Waals surface area contributed by atoms with Gasteiger partial charge in [-0.25, -0.2) is 0 Å². The summed E-state index contributed by atoms with van der Waals surface area (Å²) in [6.45, 7) is 0. The molecule has 0 saturated carbocycles. The van der Waals surface area contributed by atoms with E-state index in [9.17, 15) is 15.2 Å². The lowest BCUT2D eigenvalue weighted by Gasteiger charge is -2.05. The van der Waals surface area contributed by atoms with E-state index >= 15 is 0 Å². The van der Waals surface area contributed by atoms with Crippen molar-refractivity contribution in [3.63, 3.8) is 0 Å². The van der Waals surface area contributed by atoms with Gasteiger partial charge in [0, 0.05) is 6.07 Å². The predicted molar refractivity (Wildman–Crippen MR) is 64.6 cm³/mol. The van der Waals surface area contributed by atoms with E-state index in [-0.39, 0.29) is 11.4 Å². The molecule has 0 bridgehead atoms. The molecule has 5 heteroatoms. The quantitative estimate of drug-likeness (QED) is 0.359. The van der Waals surface area contributed by atoms with Crippen LogP contribution in [0.4, 0.5) is 11.4 Å². The van der Waals surface area contributed by atoms with Crippen molar-refractivity contribution in [2.45, 2.75) is 0 Å². The molecule has 0 aliphatic rings. The number of nitro benzene ring substituents is 1. The van der Waals surface area contributed by atoms with Crippen LogP contribution in [0.15, 0.2) is 42.5 Å². The predicted octanol–water partition coefficient (Wildman–Crippen LogP) is 2.55. The van der Waals surface area contributed by atoms with Crippen LogP contribution in [0.1, 0.15) is 0 Å². The van der Waals surface area contributed by atoms with Crippen LogP contribution in [0, 0.1) is 10.1 Å². The fraction of sp³-hybridized carbons (Fsp3) is 0. The summed E-state index contributed by atoms with van der Waals surface area (Å²) < 4.78 is 0. The van der Waals surface area contributed by atoms with Gasteiger partial charge < -0.3 is 10.8 Å². The highest BCUT2D eigenvalue weighted by atomic mass is 16.6. The normalized spacial score (nSPS) is 10.1. The molecule has 0 saturated heterocycles. The van der Waals surface area contributed by atoms with Gasteiger partial charge in [-0.05, 0) is 17.2 Å². The Morgan fingerprint density at radius 3 is 2.35 bits per heavy atom. The van der Waals surface area contributed by atoms with Crippen LogP contribution in [-0.2, 0) is 0 Å². The van der Waals surface area contributed by atoms with Crippen LogP contribution in [0.3, 0.4) is 0 Å². The minimum Gasteiger partial charge on any atom is -0.501 e. The first kappa shape index (κ1) is 10.9. The van der Waals surface area contributed by atoms with Crippen molar-refractivity contribution < 1.29 is 10.0 Å². The minimum absolute atomic E-state index is 0.00180. The number of phenols is 1. The molecule has 5 nitrogen and oxygen atoms in total. The molecule has 2 aromatic rings. The van der Waals surface area contributed by atoms with Gasteiger partial charge in [-0.3, -0.25) is 10.1 Å². The Kier molecular flexibility index (Phi) is 2.66. The van der Waals surface area contributed by atoms with Crippen LogP contribution in [0.25, 0.3) is 11.1 Å². The summed E-state index contributed by atoms with van der Waals surface area (Å²) in [6, 6.07) is 11.9. The fourth-order valence-corrected chi connectivity index (χ4v) is 1.58. The SMILES string of the molecule is Nc1cc(-c2ccccc2)cc([N+](=O)[O-])c1O. The second kappa shape index (κ2) is 4.13. The lowest BCUT2D eigenvalue weighted by atomic mass is 10.0. The van der Waals surface area contributed by atoms with Gasteiger partial charge >= 0.3 is 5.69 Å². The molecule has 86 valence electrons. The molecule has 0 amide bonds. The molecule has 0 aliphatic heterocycles. The van der Waals surface area contributed by atoms with Gasteiger partial charge in [-0.1, -0.05) is 30.3 Å². The molecule has 2 rings (SSSR count). The number of hydrogen-bond donors (Lipinski definition) is 2. The zero-order valence-electron chi connectivity index (χ0n) is 8.83. The maximum Gasteiger partial charge on any atom is 0.313 e. The summed E-state index contributed by atoms with van der Waals surface area (Å²) in [5.74, 6) is -0.491. The smallest absolute Gasteiger partial charge is 0.313 e. The standard InChI is InChI=1S/C12H10N2O3/c13-10-6-9(8-4-2-1-3-5-8)7-11(12(10)15)14(16)17/h1-7,15H,13H2.